The van der Waals surface area contributed by atoms with Crippen molar-refractivity contribution in [1.29, 1.82) is 0 Å². The number of aromatic carboxylic acids is 1. The molecule has 0 radical (unpaired) electrons. The first kappa shape index (κ1) is 15.8. The number of ether oxygens (including phenoxy) is 3. The van der Waals surface area contributed by atoms with Crippen molar-refractivity contribution in [1.82, 2.24) is 5.32 Å². The van der Waals surface area contributed by atoms with Gasteiger partial charge in [-0.3, -0.25) is 4.79 Å². The lowest BCUT2D eigenvalue weighted by Gasteiger charge is -2.10. The first-order chi connectivity index (χ1) is 9.58. The molecule has 7 nitrogen and oxygen atoms in total. The fourth-order valence-electron chi connectivity index (χ4n) is 1.41. The largest absolute Gasteiger partial charge is 0.497 e. The second kappa shape index (κ2) is 8.00. The summed E-state index contributed by atoms with van der Waals surface area (Å²) in [6.45, 7) is 0.477. The van der Waals surface area contributed by atoms with E-state index in [2.05, 4.69) is 5.32 Å². The summed E-state index contributed by atoms with van der Waals surface area (Å²) in [5, 5.41) is 11.6. The average molecular weight is 283 g/mol. The number of benzene rings is 1. The van der Waals surface area contributed by atoms with Gasteiger partial charge in [0, 0.05) is 19.7 Å². The minimum Gasteiger partial charge on any atom is -0.497 e. The number of nitrogens with one attached hydrogen (secondary N) is 1. The van der Waals surface area contributed by atoms with Crippen LogP contribution in [0.15, 0.2) is 18.2 Å². The molecule has 0 bridgehead atoms. The Balaban J connectivity index is 2.65. The van der Waals surface area contributed by atoms with Crippen LogP contribution in [-0.2, 0) is 9.53 Å². The molecule has 0 aliphatic heterocycles. The normalized spacial score (nSPS) is 9.90. The monoisotopic (exact) mass is 283 g/mol. The van der Waals surface area contributed by atoms with Gasteiger partial charge in [0.05, 0.1) is 13.7 Å². The molecular formula is C13H17NO6. The van der Waals surface area contributed by atoms with Crippen LogP contribution in [0.5, 0.6) is 11.5 Å². The van der Waals surface area contributed by atoms with Gasteiger partial charge in [0.15, 0.2) is 6.61 Å². The standard InChI is InChI=1S/C13H17NO6/c1-18-6-5-14-12(15)8-20-11-7-9(19-2)3-4-10(11)13(16)17/h3-4,7H,5-6,8H2,1-2H3,(H,14,15)(H,16,17). The molecule has 0 saturated carbocycles. The quantitative estimate of drug-likeness (QED) is 0.676. The van der Waals surface area contributed by atoms with Gasteiger partial charge in [-0.1, -0.05) is 0 Å². The summed E-state index contributed by atoms with van der Waals surface area (Å²) in [6, 6.07) is 4.29. The van der Waals surface area contributed by atoms with Crippen LogP contribution in [0.25, 0.3) is 0 Å². The van der Waals surface area contributed by atoms with Crippen molar-refractivity contribution in [3.05, 3.63) is 23.8 Å². The molecule has 1 rings (SSSR count). The van der Waals surface area contributed by atoms with Crippen LogP contribution in [0.3, 0.4) is 0 Å². The molecule has 1 amide bonds. The maximum absolute atomic E-state index is 11.5. The molecule has 0 atom stereocenters. The van der Waals surface area contributed by atoms with Crippen molar-refractivity contribution in [3.8, 4) is 11.5 Å². The molecule has 1 aromatic carbocycles. The van der Waals surface area contributed by atoms with Crippen LogP contribution in [0.4, 0.5) is 0 Å². The lowest BCUT2D eigenvalue weighted by atomic mass is 10.2. The van der Waals surface area contributed by atoms with E-state index in [1.54, 1.807) is 0 Å². The summed E-state index contributed by atoms with van der Waals surface area (Å²) in [5.74, 6) is -0.966. The van der Waals surface area contributed by atoms with E-state index in [0.29, 0.717) is 18.9 Å². The maximum atomic E-state index is 11.5. The molecule has 0 aliphatic carbocycles. The third-order valence-electron chi connectivity index (χ3n) is 2.41. The SMILES string of the molecule is COCCNC(=O)COc1cc(OC)ccc1C(=O)O. The summed E-state index contributed by atoms with van der Waals surface area (Å²) in [4.78, 5) is 22.5. The van der Waals surface area contributed by atoms with E-state index in [1.165, 1.54) is 32.4 Å². The number of carbonyl (C=O) groups excluding carboxylic acids is 1. The molecule has 7 heteroatoms. The van der Waals surface area contributed by atoms with Gasteiger partial charge in [-0.15, -0.1) is 0 Å². The van der Waals surface area contributed by atoms with Gasteiger partial charge >= 0.3 is 5.97 Å². The van der Waals surface area contributed by atoms with E-state index in [0.717, 1.165) is 0 Å². The van der Waals surface area contributed by atoms with Gasteiger partial charge in [0.25, 0.3) is 5.91 Å². The molecule has 1 aromatic rings. The van der Waals surface area contributed by atoms with Crippen molar-refractivity contribution in [2.24, 2.45) is 0 Å². The molecule has 0 aromatic heterocycles. The Hall–Kier alpha value is -2.28. The molecule has 0 aliphatic rings. The Kier molecular flexibility index (Phi) is 6.31. The molecule has 2 N–H and O–H groups in total. The first-order valence-electron chi connectivity index (χ1n) is 5.88. The van der Waals surface area contributed by atoms with Gasteiger partial charge < -0.3 is 24.6 Å². The number of rotatable bonds is 8. The van der Waals surface area contributed by atoms with E-state index >= 15 is 0 Å². The predicted octanol–water partition coefficient (Wildman–Crippen LogP) is 0.535. The number of carboxylic acids is 1. The Morgan fingerprint density at radius 2 is 2.05 bits per heavy atom. The molecule has 20 heavy (non-hydrogen) atoms. The smallest absolute Gasteiger partial charge is 0.339 e. The number of carbonyl (C=O) groups is 2. The molecule has 0 fully saturated rings. The minimum absolute atomic E-state index is 0.0320. The Bertz CT molecular complexity index is 474. The van der Waals surface area contributed by atoms with E-state index in [1.807, 2.05) is 0 Å². The highest BCUT2D eigenvalue weighted by atomic mass is 16.5. The summed E-state index contributed by atoms with van der Waals surface area (Å²) >= 11 is 0. The van der Waals surface area contributed by atoms with Crippen molar-refractivity contribution in [2.75, 3.05) is 34.0 Å². The zero-order valence-electron chi connectivity index (χ0n) is 11.3. The van der Waals surface area contributed by atoms with Crippen molar-refractivity contribution < 1.29 is 28.9 Å². The van der Waals surface area contributed by atoms with Gasteiger partial charge in [-0.2, -0.15) is 0 Å². The molecule has 0 heterocycles. The number of amides is 1. The lowest BCUT2D eigenvalue weighted by molar-refractivity contribution is -0.123. The topological polar surface area (TPSA) is 94.1 Å². The van der Waals surface area contributed by atoms with E-state index < -0.39 is 5.97 Å². The number of methoxy groups -OCH3 is 2. The highest BCUT2D eigenvalue weighted by Crippen LogP contribution is 2.24. The molecule has 0 unspecified atom stereocenters. The highest BCUT2D eigenvalue weighted by Gasteiger charge is 2.13. The number of carboxylic acid groups (broad SMARTS) is 1. The maximum Gasteiger partial charge on any atom is 0.339 e. The predicted molar refractivity (Wildman–Crippen MR) is 70.3 cm³/mol. The van der Waals surface area contributed by atoms with E-state index in [9.17, 15) is 9.59 Å². The Morgan fingerprint density at radius 3 is 2.65 bits per heavy atom. The van der Waals surface area contributed by atoms with E-state index in [-0.39, 0.29) is 23.8 Å². The van der Waals surface area contributed by atoms with Crippen LogP contribution in [-0.4, -0.2) is 51.0 Å². The Morgan fingerprint density at radius 1 is 1.30 bits per heavy atom. The lowest BCUT2D eigenvalue weighted by Crippen LogP contribution is -2.31. The highest BCUT2D eigenvalue weighted by molar-refractivity contribution is 5.91. The molecule has 110 valence electrons. The fourth-order valence-corrected chi connectivity index (χ4v) is 1.41. The second-order valence-electron chi connectivity index (χ2n) is 3.80. The van der Waals surface area contributed by atoms with Crippen LogP contribution < -0.4 is 14.8 Å². The minimum atomic E-state index is -1.14. The van der Waals surface area contributed by atoms with Crippen LogP contribution in [0, 0.1) is 0 Å². The fraction of sp³-hybridized carbons (Fsp3) is 0.385. The zero-order chi connectivity index (χ0) is 15.0. The van der Waals surface area contributed by atoms with Crippen LogP contribution in [0.1, 0.15) is 10.4 Å². The summed E-state index contributed by atoms with van der Waals surface area (Å²) in [7, 11) is 2.98. The van der Waals surface area contributed by atoms with Crippen molar-refractivity contribution >= 4 is 11.9 Å². The molecular weight excluding hydrogens is 266 g/mol. The van der Waals surface area contributed by atoms with Gasteiger partial charge in [0.2, 0.25) is 0 Å². The van der Waals surface area contributed by atoms with Crippen LogP contribution >= 0.6 is 0 Å². The first-order valence-corrected chi connectivity index (χ1v) is 5.88. The van der Waals surface area contributed by atoms with E-state index in [4.69, 9.17) is 19.3 Å². The molecule has 0 saturated heterocycles. The summed E-state index contributed by atoms with van der Waals surface area (Å²) < 4.78 is 15.0. The number of hydrogen-bond donors (Lipinski definition) is 2. The van der Waals surface area contributed by atoms with Crippen molar-refractivity contribution in [2.45, 2.75) is 0 Å². The molecule has 0 spiro atoms. The second-order valence-corrected chi connectivity index (χ2v) is 3.80. The third-order valence-corrected chi connectivity index (χ3v) is 2.41. The van der Waals surface area contributed by atoms with Crippen molar-refractivity contribution in [3.63, 3.8) is 0 Å². The van der Waals surface area contributed by atoms with Gasteiger partial charge in [0.1, 0.15) is 17.1 Å². The zero-order valence-corrected chi connectivity index (χ0v) is 11.3. The average Bonchev–Trinajstić information content (AvgIpc) is 2.44. The number of hydrogen-bond acceptors (Lipinski definition) is 5. The summed E-state index contributed by atoms with van der Waals surface area (Å²) in [5.41, 5.74) is -0.0320. The van der Waals surface area contributed by atoms with Gasteiger partial charge in [-0.05, 0) is 12.1 Å². The van der Waals surface area contributed by atoms with Crippen LogP contribution in [0.2, 0.25) is 0 Å². The Labute approximate surface area is 116 Å². The summed E-state index contributed by atoms with van der Waals surface area (Å²) in [6.07, 6.45) is 0. The third kappa shape index (κ3) is 4.77. The van der Waals surface area contributed by atoms with Gasteiger partial charge in [-0.25, -0.2) is 4.79 Å².